The molecular formula is C14H22N4. The van der Waals surface area contributed by atoms with E-state index in [9.17, 15) is 0 Å². The van der Waals surface area contributed by atoms with Crippen molar-refractivity contribution in [2.45, 2.75) is 51.5 Å². The van der Waals surface area contributed by atoms with Crippen molar-refractivity contribution >= 4 is 11.6 Å². The van der Waals surface area contributed by atoms with Gasteiger partial charge in [-0.15, -0.1) is 0 Å². The van der Waals surface area contributed by atoms with Gasteiger partial charge in [-0.1, -0.05) is 12.8 Å². The Morgan fingerprint density at radius 3 is 2.67 bits per heavy atom. The SMILES string of the molecule is Cc1nc(N)cc(N2CCCC2C2CCCC2)n1. The van der Waals surface area contributed by atoms with Crippen molar-refractivity contribution in [3.63, 3.8) is 0 Å². The summed E-state index contributed by atoms with van der Waals surface area (Å²) in [5.74, 6) is 3.27. The van der Waals surface area contributed by atoms with E-state index in [4.69, 9.17) is 5.73 Å². The Bertz CT molecular complexity index is 406. The molecule has 2 fully saturated rings. The van der Waals surface area contributed by atoms with Gasteiger partial charge in [0, 0.05) is 18.7 Å². The van der Waals surface area contributed by atoms with E-state index in [1.807, 2.05) is 13.0 Å². The summed E-state index contributed by atoms with van der Waals surface area (Å²) in [4.78, 5) is 11.2. The van der Waals surface area contributed by atoms with Gasteiger partial charge in [0.2, 0.25) is 0 Å². The van der Waals surface area contributed by atoms with Crippen LogP contribution in [0.3, 0.4) is 0 Å². The zero-order chi connectivity index (χ0) is 12.5. The van der Waals surface area contributed by atoms with Crippen LogP contribution >= 0.6 is 0 Å². The summed E-state index contributed by atoms with van der Waals surface area (Å²) in [5, 5.41) is 0. The molecule has 0 aromatic carbocycles. The van der Waals surface area contributed by atoms with Gasteiger partial charge in [0.25, 0.3) is 0 Å². The van der Waals surface area contributed by atoms with Crippen LogP contribution in [0.5, 0.6) is 0 Å². The standard InChI is InChI=1S/C14H22N4/c1-10-16-13(15)9-14(17-10)18-8-4-7-12(18)11-5-2-3-6-11/h9,11-12H,2-8H2,1H3,(H2,15,16,17). The summed E-state index contributed by atoms with van der Waals surface area (Å²) >= 11 is 0. The van der Waals surface area contributed by atoms with Crippen LogP contribution < -0.4 is 10.6 Å². The molecular weight excluding hydrogens is 224 g/mol. The topological polar surface area (TPSA) is 55.0 Å². The van der Waals surface area contributed by atoms with Gasteiger partial charge >= 0.3 is 0 Å². The van der Waals surface area contributed by atoms with Gasteiger partial charge in [-0.05, 0) is 38.5 Å². The number of hydrogen-bond donors (Lipinski definition) is 1. The highest BCUT2D eigenvalue weighted by Gasteiger charge is 2.34. The van der Waals surface area contributed by atoms with Crippen molar-refractivity contribution in [2.75, 3.05) is 17.2 Å². The molecule has 0 bridgehead atoms. The number of nitrogens with two attached hydrogens (primary N) is 1. The van der Waals surface area contributed by atoms with Gasteiger partial charge < -0.3 is 10.6 Å². The van der Waals surface area contributed by atoms with E-state index in [1.165, 1.54) is 38.5 Å². The Hall–Kier alpha value is -1.32. The van der Waals surface area contributed by atoms with Gasteiger partial charge in [0.15, 0.2) is 0 Å². The maximum absolute atomic E-state index is 5.85. The number of aromatic nitrogens is 2. The molecule has 4 nitrogen and oxygen atoms in total. The maximum Gasteiger partial charge on any atom is 0.134 e. The van der Waals surface area contributed by atoms with Crippen LogP contribution in [-0.2, 0) is 0 Å². The van der Waals surface area contributed by atoms with Crippen LogP contribution in [-0.4, -0.2) is 22.6 Å². The number of rotatable bonds is 2. The highest BCUT2D eigenvalue weighted by atomic mass is 15.2. The molecule has 98 valence electrons. The predicted octanol–water partition coefficient (Wildman–Crippen LogP) is 2.53. The van der Waals surface area contributed by atoms with Crippen LogP contribution in [0.4, 0.5) is 11.6 Å². The molecule has 1 aromatic heterocycles. The first kappa shape index (κ1) is 11.8. The van der Waals surface area contributed by atoms with Gasteiger partial charge in [0.1, 0.15) is 17.5 Å². The summed E-state index contributed by atoms with van der Waals surface area (Å²) in [5.41, 5.74) is 5.85. The van der Waals surface area contributed by atoms with Gasteiger partial charge in [-0.25, -0.2) is 9.97 Å². The molecule has 2 N–H and O–H groups in total. The molecule has 4 heteroatoms. The predicted molar refractivity (Wildman–Crippen MR) is 73.5 cm³/mol. The number of anilines is 2. The van der Waals surface area contributed by atoms with E-state index in [0.717, 1.165) is 24.1 Å². The zero-order valence-electron chi connectivity index (χ0n) is 11.1. The summed E-state index contributed by atoms with van der Waals surface area (Å²) in [6, 6.07) is 2.61. The molecule has 1 atom stereocenters. The molecule has 3 rings (SSSR count). The van der Waals surface area contributed by atoms with Crippen LogP contribution in [0.15, 0.2) is 6.07 Å². The number of nitrogen functional groups attached to an aromatic ring is 1. The van der Waals surface area contributed by atoms with E-state index in [-0.39, 0.29) is 0 Å². The number of aryl methyl sites for hydroxylation is 1. The monoisotopic (exact) mass is 246 g/mol. The van der Waals surface area contributed by atoms with Crippen molar-refractivity contribution in [3.8, 4) is 0 Å². The van der Waals surface area contributed by atoms with Crippen molar-refractivity contribution in [1.82, 2.24) is 9.97 Å². The average Bonchev–Trinajstić information content (AvgIpc) is 2.98. The molecule has 0 amide bonds. The third-order valence-electron chi connectivity index (χ3n) is 4.38. The lowest BCUT2D eigenvalue weighted by atomic mass is 9.96. The van der Waals surface area contributed by atoms with Crippen molar-refractivity contribution in [1.29, 1.82) is 0 Å². The summed E-state index contributed by atoms with van der Waals surface area (Å²) in [6.07, 6.45) is 8.18. The summed E-state index contributed by atoms with van der Waals surface area (Å²) in [6.45, 7) is 3.04. The minimum atomic E-state index is 0.592. The minimum Gasteiger partial charge on any atom is -0.384 e. The summed E-state index contributed by atoms with van der Waals surface area (Å²) < 4.78 is 0. The average molecular weight is 246 g/mol. The molecule has 0 radical (unpaired) electrons. The Morgan fingerprint density at radius 2 is 1.94 bits per heavy atom. The largest absolute Gasteiger partial charge is 0.384 e. The van der Waals surface area contributed by atoms with Crippen molar-refractivity contribution in [3.05, 3.63) is 11.9 Å². The Kier molecular flexibility index (Phi) is 3.10. The van der Waals surface area contributed by atoms with E-state index in [2.05, 4.69) is 14.9 Å². The molecule has 1 saturated heterocycles. The Morgan fingerprint density at radius 1 is 1.17 bits per heavy atom. The van der Waals surface area contributed by atoms with Crippen LogP contribution in [0.1, 0.15) is 44.3 Å². The Balaban J connectivity index is 1.85. The van der Waals surface area contributed by atoms with Crippen molar-refractivity contribution < 1.29 is 0 Å². The zero-order valence-corrected chi connectivity index (χ0v) is 11.1. The highest BCUT2D eigenvalue weighted by molar-refractivity contribution is 5.48. The second kappa shape index (κ2) is 4.75. The molecule has 18 heavy (non-hydrogen) atoms. The summed E-state index contributed by atoms with van der Waals surface area (Å²) in [7, 11) is 0. The highest BCUT2D eigenvalue weighted by Crippen LogP contribution is 2.37. The lowest BCUT2D eigenvalue weighted by Gasteiger charge is -2.30. The lowest BCUT2D eigenvalue weighted by molar-refractivity contribution is 0.429. The fourth-order valence-corrected chi connectivity index (χ4v) is 3.63. The molecule has 1 aliphatic carbocycles. The van der Waals surface area contributed by atoms with Crippen LogP contribution in [0.2, 0.25) is 0 Å². The second-order valence-electron chi connectivity index (χ2n) is 5.65. The first-order chi connectivity index (χ1) is 8.74. The molecule has 1 unspecified atom stereocenters. The molecule has 1 saturated carbocycles. The van der Waals surface area contributed by atoms with Crippen molar-refractivity contribution in [2.24, 2.45) is 5.92 Å². The Labute approximate surface area is 109 Å². The third-order valence-corrected chi connectivity index (χ3v) is 4.38. The van der Waals surface area contributed by atoms with Crippen LogP contribution in [0, 0.1) is 12.8 Å². The first-order valence-electron chi connectivity index (χ1n) is 7.12. The minimum absolute atomic E-state index is 0.592. The lowest BCUT2D eigenvalue weighted by Crippen LogP contribution is -2.35. The fourth-order valence-electron chi connectivity index (χ4n) is 3.63. The maximum atomic E-state index is 5.85. The molecule has 2 heterocycles. The second-order valence-corrected chi connectivity index (χ2v) is 5.65. The number of hydrogen-bond acceptors (Lipinski definition) is 4. The van der Waals surface area contributed by atoms with Gasteiger partial charge in [0.05, 0.1) is 0 Å². The van der Waals surface area contributed by atoms with Gasteiger partial charge in [-0.2, -0.15) is 0 Å². The first-order valence-corrected chi connectivity index (χ1v) is 7.12. The van der Waals surface area contributed by atoms with E-state index in [1.54, 1.807) is 0 Å². The molecule has 2 aliphatic rings. The molecule has 1 aromatic rings. The smallest absolute Gasteiger partial charge is 0.134 e. The quantitative estimate of drug-likeness (QED) is 0.871. The normalized spacial score (nSPS) is 24.9. The van der Waals surface area contributed by atoms with E-state index in [0.29, 0.717) is 11.9 Å². The third kappa shape index (κ3) is 2.16. The molecule has 1 aliphatic heterocycles. The fraction of sp³-hybridized carbons (Fsp3) is 0.714. The van der Waals surface area contributed by atoms with E-state index < -0.39 is 0 Å². The van der Waals surface area contributed by atoms with E-state index >= 15 is 0 Å². The van der Waals surface area contributed by atoms with Crippen LogP contribution in [0.25, 0.3) is 0 Å². The number of nitrogens with zero attached hydrogens (tertiary/aromatic N) is 3. The van der Waals surface area contributed by atoms with Gasteiger partial charge in [-0.3, -0.25) is 0 Å². The molecule has 0 spiro atoms.